The van der Waals surface area contributed by atoms with E-state index in [4.69, 9.17) is 0 Å². The van der Waals surface area contributed by atoms with Crippen molar-refractivity contribution in [2.24, 2.45) is 5.92 Å². The summed E-state index contributed by atoms with van der Waals surface area (Å²) in [6.45, 7) is 3.36. The lowest BCUT2D eigenvalue weighted by Gasteiger charge is -2.33. The number of amides is 4. The Morgan fingerprint density at radius 3 is 2.06 bits per heavy atom. The maximum absolute atomic E-state index is 13.0. The lowest BCUT2D eigenvalue weighted by Crippen LogP contribution is -2.52. The summed E-state index contributed by atoms with van der Waals surface area (Å²) in [7, 11) is 0. The molecule has 168 valence electrons. The largest absolute Gasteiger partial charge is 0.344 e. The topological polar surface area (TPSA) is 81.8 Å². The quantitative estimate of drug-likeness (QED) is 0.656. The summed E-state index contributed by atoms with van der Waals surface area (Å²) in [5, 5.41) is 3.71. The first-order valence-electron chi connectivity index (χ1n) is 11.2. The van der Waals surface area contributed by atoms with Crippen molar-refractivity contribution in [2.75, 3.05) is 6.54 Å². The van der Waals surface area contributed by atoms with E-state index in [0.717, 1.165) is 29.0 Å². The number of imide groups is 1. The summed E-state index contributed by atoms with van der Waals surface area (Å²) < 4.78 is 0. The average Bonchev–Trinajstić information content (AvgIpc) is 3.01. The number of hydrogen-bond acceptors (Lipinski definition) is 4. The van der Waals surface area contributed by atoms with E-state index in [1.54, 1.807) is 0 Å². The lowest BCUT2D eigenvalue weighted by atomic mass is 9.77. The molecule has 0 bridgehead atoms. The number of nitrogens with one attached hydrogen (secondary N) is 2. The van der Waals surface area contributed by atoms with Gasteiger partial charge < -0.3 is 5.32 Å². The van der Waals surface area contributed by atoms with Gasteiger partial charge in [0.25, 0.3) is 11.8 Å². The van der Waals surface area contributed by atoms with E-state index in [2.05, 4.69) is 17.7 Å². The minimum absolute atomic E-state index is 0.0604. The van der Waals surface area contributed by atoms with Crippen LogP contribution >= 0.6 is 0 Å². The molecular formula is C25H30N4O3. The molecule has 2 N–H and O–H groups in total. The molecule has 7 heteroatoms. The van der Waals surface area contributed by atoms with Gasteiger partial charge in [0.2, 0.25) is 0 Å². The molecule has 2 aliphatic rings. The van der Waals surface area contributed by atoms with Crippen LogP contribution in [0.3, 0.4) is 0 Å². The van der Waals surface area contributed by atoms with Crippen LogP contribution in [-0.2, 0) is 22.7 Å². The van der Waals surface area contributed by atoms with Crippen LogP contribution in [0.2, 0.25) is 0 Å². The molecule has 1 spiro atoms. The smallest absolute Gasteiger partial charge is 0.322 e. The number of hydrogen-bond donors (Lipinski definition) is 2. The zero-order chi connectivity index (χ0) is 22.6. The average molecular weight is 435 g/mol. The molecule has 1 heterocycles. The molecule has 0 atom stereocenters. The summed E-state index contributed by atoms with van der Waals surface area (Å²) in [6.07, 6.45) is 2.99. The predicted molar refractivity (Wildman–Crippen MR) is 121 cm³/mol. The van der Waals surface area contributed by atoms with Crippen molar-refractivity contribution in [3.05, 3.63) is 71.8 Å². The second-order valence-electron chi connectivity index (χ2n) is 8.99. The highest BCUT2D eigenvalue weighted by atomic mass is 16.2. The fourth-order valence-electron chi connectivity index (χ4n) is 4.53. The summed E-state index contributed by atoms with van der Waals surface area (Å²) in [5.74, 6) is -0.194. The van der Waals surface area contributed by atoms with Gasteiger partial charge in [-0.3, -0.25) is 19.9 Å². The predicted octanol–water partition coefficient (Wildman–Crippen LogP) is 3.22. The standard InChI is InChI=1S/C25H30N4O3/c1-19-12-14-25(15-13-19)23(31)29(24(32)26-25)27-22(30)18-28(16-20-8-4-2-5-9-20)17-21-10-6-3-7-11-21/h2-11,19H,12-18H2,1H3,(H,26,32)(H,27,30). The third kappa shape index (κ3) is 4.99. The van der Waals surface area contributed by atoms with Crippen molar-refractivity contribution < 1.29 is 14.4 Å². The van der Waals surface area contributed by atoms with E-state index in [1.165, 1.54) is 0 Å². The molecule has 0 aromatic heterocycles. The maximum atomic E-state index is 13.0. The third-order valence-electron chi connectivity index (χ3n) is 6.39. The van der Waals surface area contributed by atoms with Gasteiger partial charge in [-0.1, -0.05) is 67.6 Å². The van der Waals surface area contributed by atoms with E-state index in [1.807, 2.05) is 65.6 Å². The number of urea groups is 1. The SMILES string of the molecule is CC1CCC2(CC1)NC(=O)N(NC(=O)CN(Cc1ccccc1)Cc1ccccc1)C2=O. The Labute approximate surface area is 188 Å². The number of carbonyl (C=O) groups is 3. The normalized spacial score (nSPS) is 22.9. The molecule has 1 saturated heterocycles. The Balaban J connectivity index is 1.42. The second-order valence-corrected chi connectivity index (χ2v) is 8.99. The second kappa shape index (κ2) is 9.53. The number of benzene rings is 2. The first-order chi connectivity index (χ1) is 15.4. The van der Waals surface area contributed by atoms with E-state index in [9.17, 15) is 14.4 Å². The van der Waals surface area contributed by atoms with Crippen molar-refractivity contribution in [1.29, 1.82) is 0 Å². The summed E-state index contributed by atoms with van der Waals surface area (Å²) in [5.41, 5.74) is 3.85. The van der Waals surface area contributed by atoms with Crippen molar-refractivity contribution in [3.8, 4) is 0 Å². The summed E-state index contributed by atoms with van der Waals surface area (Å²) in [4.78, 5) is 40.4. The summed E-state index contributed by atoms with van der Waals surface area (Å²) >= 11 is 0. The summed E-state index contributed by atoms with van der Waals surface area (Å²) in [6, 6.07) is 19.3. The van der Waals surface area contributed by atoms with E-state index < -0.39 is 11.6 Å². The van der Waals surface area contributed by atoms with Crippen LogP contribution in [0.25, 0.3) is 0 Å². The van der Waals surface area contributed by atoms with Gasteiger partial charge in [0, 0.05) is 13.1 Å². The molecule has 0 unspecified atom stereocenters. The number of nitrogens with zero attached hydrogens (tertiary/aromatic N) is 2. The van der Waals surface area contributed by atoms with Crippen LogP contribution in [-0.4, -0.2) is 39.8 Å². The van der Waals surface area contributed by atoms with Crippen molar-refractivity contribution in [1.82, 2.24) is 20.7 Å². The minimum Gasteiger partial charge on any atom is -0.322 e. The molecule has 2 aromatic carbocycles. The van der Waals surface area contributed by atoms with Gasteiger partial charge in [-0.05, 0) is 42.7 Å². The zero-order valence-electron chi connectivity index (χ0n) is 18.4. The monoisotopic (exact) mass is 434 g/mol. The highest BCUT2D eigenvalue weighted by Crippen LogP contribution is 2.35. The fraction of sp³-hybridized carbons (Fsp3) is 0.400. The number of hydrazine groups is 1. The van der Waals surface area contributed by atoms with E-state index in [0.29, 0.717) is 31.8 Å². The van der Waals surface area contributed by atoms with Gasteiger partial charge in [0.15, 0.2) is 0 Å². The highest BCUT2D eigenvalue weighted by Gasteiger charge is 2.52. The van der Waals surface area contributed by atoms with Crippen molar-refractivity contribution in [2.45, 2.75) is 51.2 Å². The van der Waals surface area contributed by atoms with Crippen LogP contribution < -0.4 is 10.7 Å². The van der Waals surface area contributed by atoms with E-state index >= 15 is 0 Å². The lowest BCUT2D eigenvalue weighted by molar-refractivity contribution is -0.140. The van der Waals surface area contributed by atoms with Gasteiger partial charge in [-0.25, -0.2) is 4.79 Å². The molecule has 0 radical (unpaired) electrons. The first-order valence-corrected chi connectivity index (χ1v) is 11.2. The number of rotatable bonds is 7. The molecule has 4 amide bonds. The Morgan fingerprint density at radius 2 is 1.53 bits per heavy atom. The first kappa shape index (κ1) is 22.0. The molecule has 4 rings (SSSR count). The Kier molecular flexibility index (Phi) is 6.55. The molecule has 2 fully saturated rings. The van der Waals surface area contributed by atoms with Gasteiger partial charge in [-0.15, -0.1) is 0 Å². The molecular weight excluding hydrogens is 404 g/mol. The zero-order valence-corrected chi connectivity index (χ0v) is 18.4. The Bertz CT molecular complexity index is 914. The van der Waals surface area contributed by atoms with Crippen LogP contribution in [0.5, 0.6) is 0 Å². The molecule has 1 aliphatic carbocycles. The van der Waals surface area contributed by atoms with Crippen molar-refractivity contribution in [3.63, 3.8) is 0 Å². The van der Waals surface area contributed by atoms with E-state index in [-0.39, 0.29) is 18.4 Å². The van der Waals surface area contributed by atoms with Crippen molar-refractivity contribution >= 4 is 17.8 Å². The Hall–Kier alpha value is -3.19. The fourth-order valence-corrected chi connectivity index (χ4v) is 4.53. The number of carbonyl (C=O) groups excluding carboxylic acids is 3. The third-order valence-corrected chi connectivity index (χ3v) is 6.39. The molecule has 1 aliphatic heterocycles. The minimum atomic E-state index is -0.870. The molecule has 2 aromatic rings. The van der Waals surface area contributed by atoms with Crippen LogP contribution in [0.4, 0.5) is 4.79 Å². The Morgan fingerprint density at radius 1 is 1.00 bits per heavy atom. The van der Waals surface area contributed by atoms with Gasteiger partial charge in [0.05, 0.1) is 6.54 Å². The molecule has 32 heavy (non-hydrogen) atoms. The van der Waals surface area contributed by atoms with Crippen LogP contribution in [0, 0.1) is 5.92 Å². The maximum Gasteiger partial charge on any atom is 0.344 e. The molecule has 1 saturated carbocycles. The van der Waals surface area contributed by atoms with Gasteiger partial charge >= 0.3 is 6.03 Å². The van der Waals surface area contributed by atoms with Crippen LogP contribution in [0.15, 0.2) is 60.7 Å². The highest BCUT2D eigenvalue weighted by molar-refractivity contribution is 6.08. The van der Waals surface area contributed by atoms with Gasteiger partial charge in [0.1, 0.15) is 5.54 Å². The molecule has 7 nitrogen and oxygen atoms in total. The van der Waals surface area contributed by atoms with Crippen LogP contribution in [0.1, 0.15) is 43.7 Å². The van der Waals surface area contributed by atoms with Gasteiger partial charge in [-0.2, -0.15) is 5.01 Å².